The largest absolute Gasteiger partial charge is 0.668 e. The average Bonchev–Trinajstić information content (AvgIpc) is 2.60. The minimum absolute atomic E-state index is 0.366. The molecular formula is C10H16BF2NO4. The van der Waals surface area contributed by atoms with Crippen LogP contribution in [-0.4, -0.2) is 43.3 Å². The first kappa shape index (κ1) is 14.6. The number of Topliss-reactive ketones (excluding diaryl/α,β-unsaturated/α-hetero) is 1. The number of hydrogen-bond donors (Lipinski definition) is 0. The molecular weight excluding hydrogens is 247 g/mol. The second-order valence-electron chi connectivity index (χ2n) is 4.07. The number of rotatable bonds is 4. The van der Waals surface area contributed by atoms with E-state index in [1.807, 2.05) is 0 Å². The molecule has 0 bridgehead atoms. The van der Waals surface area contributed by atoms with Crippen molar-refractivity contribution in [3.8, 4) is 0 Å². The zero-order valence-corrected chi connectivity index (χ0v) is 10.8. The molecule has 102 valence electrons. The molecule has 0 aromatic rings. The number of halogens is 2. The molecule has 1 rings (SSSR count). The second kappa shape index (κ2) is 4.68. The maximum Gasteiger partial charge on any atom is 0.668 e. The highest BCUT2D eigenvalue weighted by Gasteiger charge is 2.64. The highest BCUT2D eigenvalue weighted by Crippen LogP contribution is 2.38. The summed E-state index contributed by atoms with van der Waals surface area (Å²) < 4.78 is 36.8. The first-order valence-electron chi connectivity index (χ1n) is 5.39. The number of carbonyl (C=O) groups excluding carboxylic acids is 1. The van der Waals surface area contributed by atoms with E-state index < -0.39 is 24.4 Å². The summed E-state index contributed by atoms with van der Waals surface area (Å²) in [5.74, 6) is -1.67. The zero-order chi connectivity index (χ0) is 14.1. The van der Waals surface area contributed by atoms with Crippen molar-refractivity contribution in [2.45, 2.75) is 19.4 Å². The van der Waals surface area contributed by atoms with Gasteiger partial charge in [-0.3, -0.25) is 9.63 Å². The van der Waals surface area contributed by atoms with Crippen molar-refractivity contribution >= 4 is 18.8 Å². The Morgan fingerprint density at radius 3 is 2.61 bits per heavy atom. The summed E-state index contributed by atoms with van der Waals surface area (Å²) in [6.07, 6.45) is 1.35. The maximum atomic E-state index is 13.4. The summed E-state index contributed by atoms with van der Waals surface area (Å²) in [4.78, 5) is 16.6. The van der Waals surface area contributed by atoms with E-state index in [1.165, 1.54) is 20.2 Å². The quantitative estimate of drug-likeness (QED) is 0.330. The Hall–Kier alpha value is -1.44. The van der Waals surface area contributed by atoms with Crippen molar-refractivity contribution in [3.05, 3.63) is 12.7 Å². The lowest BCUT2D eigenvalue weighted by molar-refractivity contribution is -0.766. The van der Waals surface area contributed by atoms with Crippen LogP contribution in [0.5, 0.6) is 0 Å². The second-order valence-corrected chi connectivity index (χ2v) is 4.07. The molecule has 0 aliphatic carbocycles. The van der Waals surface area contributed by atoms with Crippen molar-refractivity contribution in [1.82, 2.24) is 0 Å². The molecule has 0 aromatic carbocycles. The Morgan fingerprint density at radius 2 is 2.22 bits per heavy atom. The molecule has 0 radical (unpaired) electrons. The van der Waals surface area contributed by atoms with Crippen molar-refractivity contribution < 1.29 is 32.3 Å². The first-order valence-corrected chi connectivity index (χ1v) is 5.39. The van der Waals surface area contributed by atoms with Crippen LogP contribution >= 0.6 is 0 Å². The molecule has 0 saturated carbocycles. The van der Waals surface area contributed by atoms with Crippen LogP contribution in [0.2, 0.25) is 0 Å². The third kappa shape index (κ3) is 2.12. The summed E-state index contributed by atoms with van der Waals surface area (Å²) in [6, 6.07) is 0. The van der Waals surface area contributed by atoms with Crippen molar-refractivity contribution in [2.75, 3.05) is 14.2 Å². The number of hydroxylamine groups is 1. The molecule has 1 heterocycles. The number of ketones is 1. The van der Waals surface area contributed by atoms with Gasteiger partial charge in [-0.25, -0.2) is 0 Å². The molecule has 2 atom stereocenters. The van der Waals surface area contributed by atoms with E-state index >= 15 is 0 Å². The van der Waals surface area contributed by atoms with Crippen LogP contribution in [0.3, 0.4) is 0 Å². The van der Waals surface area contributed by atoms with E-state index in [2.05, 4.69) is 15.9 Å². The molecule has 0 unspecified atom stereocenters. The molecule has 0 spiro atoms. The van der Waals surface area contributed by atoms with Crippen LogP contribution in [0.1, 0.15) is 13.8 Å². The molecule has 0 aromatic heterocycles. The molecule has 1 saturated heterocycles. The van der Waals surface area contributed by atoms with Gasteiger partial charge in [0.2, 0.25) is 5.60 Å². The predicted octanol–water partition coefficient (Wildman–Crippen LogP) is 1.16. The smallest absolute Gasteiger partial charge is 0.588 e. The summed E-state index contributed by atoms with van der Waals surface area (Å²) in [7, 11) is -1.94. The number of carbonyl (C=O) groups is 1. The summed E-state index contributed by atoms with van der Waals surface area (Å²) in [5.41, 5.74) is -1.91. The maximum absolute atomic E-state index is 13.4. The number of hydrogen-bond acceptors (Lipinski definition) is 4. The van der Waals surface area contributed by atoms with Gasteiger partial charge in [-0.1, -0.05) is 13.0 Å². The highest BCUT2D eigenvalue weighted by molar-refractivity contribution is 6.57. The van der Waals surface area contributed by atoms with E-state index in [1.54, 1.807) is 6.92 Å². The van der Waals surface area contributed by atoms with Gasteiger partial charge in [0.1, 0.15) is 7.11 Å². The first-order chi connectivity index (χ1) is 8.21. The minimum atomic E-state index is -4.56. The topological polar surface area (TPSA) is 47.8 Å². The van der Waals surface area contributed by atoms with Crippen molar-refractivity contribution in [2.24, 2.45) is 5.92 Å². The van der Waals surface area contributed by atoms with E-state index in [-0.39, 0.29) is 5.90 Å². The Bertz CT molecular complexity index is 413. The zero-order valence-electron chi connectivity index (χ0n) is 10.8. The van der Waals surface area contributed by atoms with Gasteiger partial charge in [0, 0.05) is 10.7 Å². The third-order valence-corrected chi connectivity index (χ3v) is 2.97. The Kier molecular flexibility index (Phi) is 3.80. The van der Waals surface area contributed by atoms with Crippen LogP contribution in [0.15, 0.2) is 12.7 Å². The molecule has 0 N–H and O–H groups in total. The van der Waals surface area contributed by atoms with Gasteiger partial charge in [-0.2, -0.15) is 0 Å². The van der Waals surface area contributed by atoms with Gasteiger partial charge in [0.05, 0.1) is 0 Å². The fourth-order valence-electron chi connectivity index (χ4n) is 1.92. The SMILES string of the molecule is C=C[C@H](C)[C@]1(C(C)=O)O[B-](F)(F)O/C1=[N+](\C)OC. The van der Waals surface area contributed by atoms with Gasteiger partial charge in [0.25, 0.3) is 0 Å². The van der Waals surface area contributed by atoms with Gasteiger partial charge >= 0.3 is 13.0 Å². The van der Waals surface area contributed by atoms with E-state index in [4.69, 9.17) is 4.84 Å². The standard InChI is InChI=1S/C10H16BF2NO4/c1-6-7(2)10(8(3)15)9(14(4)16-5)17-11(12,13)18-10/h6-7H,1H2,2-5H3/b14-9+/t7-,10+/m0/s1. The lowest BCUT2D eigenvalue weighted by Crippen LogP contribution is -2.52. The van der Waals surface area contributed by atoms with Crippen LogP contribution in [-0.2, 0) is 18.9 Å². The van der Waals surface area contributed by atoms with Crippen LogP contribution in [0.4, 0.5) is 8.63 Å². The lowest BCUT2D eigenvalue weighted by atomic mass is 9.84. The van der Waals surface area contributed by atoms with Gasteiger partial charge in [-0.15, -0.1) is 6.58 Å². The molecule has 1 aliphatic rings. The predicted molar refractivity (Wildman–Crippen MR) is 61.1 cm³/mol. The van der Waals surface area contributed by atoms with Crippen molar-refractivity contribution in [3.63, 3.8) is 0 Å². The summed E-state index contributed by atoms with van der Waals surface area (Å²) in [5, 5.41) is 0. The Labute approximate surface area is 104 Å². The molecule has 1 fully saturated rings. The summed E-state index contributed by atoms with van der Waals surface area (Å²) in [6.45, 7) is 6.20. The van der Waals surface area contributed by atoms with Crippen LogP contribution < -0.4 is 0 Å². The van der Waals surface area contributed by atoms with Gasteiger partial charge < -0.3 is 17.9 Å². The Morgan fingerprint density at radius 1 is 1.67 bits per heavy atom. The highest BCUT2D eigenvalue weighted by atomic mass is 19.3. The fourth-order valence-corrected chi connectivity index (χ4v) is 1.92. The minimum Gasteiger partial charge on any atom is -0.588 e. The van der Waals surface area contributed by atoms with E-state index in [0.29, 0.717) is 0 Å². The van der Waals surface area contributed by atoms with Gasteiger partial charge in [0.15, 0.2) is 12.8 Å². The summed E-state index contributed by atoms with van der Waals surface area (Å²) >= 11 is 0. The van der Waals surface area contributed by atoms with Crippen molar-refractivity contribution in [1.29, 1.82) is 0 Å². The monoisotopic (exact) mass is 263 g/mol. The molecule has 8 heteroatoms. The van der Waals surface area contributed by atoms with E-state index in [0.717, 1.165) is 11.7 Å². The number of nitrogens with zero attached hydrogens (tertiary/aromatic N) is 1. The Balaban J connectivity index is 3.47. The normalized spacial score (nSPS) is 30.3. The average molecular weight is 263 g/mol. The fraction of sp³-hybridized carbons (Fsp3) is 0.600. The molecule has 0 amide bonds. The molecule has 18 heavy (non-hydrogen) atoms. The third-order valence-electron chi connectivity index (χ3n) is 2.97. The van der Waals surface area contributed by atoms with Crippen LogP contribution in [0, 0.1) is 5.92 Å². The van der Waals surface area contributed by atoms with Gasteiger partial charge in [-0.05, 0) is 6.92 Å². The molecule has 5 nitrogen and oxygen atoms in total. The molecule has 1 aliphatic heterocycles. The lowest BCUT2D eigenvalue weighted by Gasteiger charge is -2.29. The van der Waals surface area contributed by atoms with Crippen LogP contribution in [0.25, 0.3) is 0 Å². The van der Waals surface area contributed by atoms with E-state index in [9.17, 15) is 13.4 Å².